The summed E-state index contributed by atoms with van der Waals surface area (Å²) in [5.74, 6) is -0.297. The van der Waals surface area contributed by atoms with Gasteiger partial charge < -0.3 is 19.9 Å². The number of ether oxygens (including phenoxy) is 1. The maximum Gasteiger partial charge on any atom is 0.412 e. The van der Waals surface area contributed by atoms with E-state index in [9.17, 15) is 18.0 Å². The molecule has 1 N–H and O–H groups in total. The van der Waals surface area contributed by atoms with E-state index in [-0.39, 0.29) is 5.57 Å². The Labute approximate surface area is 164 Å². The number of likely N-dealkylation sites (tertiary alicyclic amines) is 1. The Morgan fingerprint density at radius 2 is 1.71 bits per heavy atom. The second kappa shape index (κ2) is 8.76. The van der Waals surface area contributed by atoms with Gasteiger partial charge in [0.2, 0.25) is 0 Å². The molecule has 158 valence electrons. The van der Waals surface area contributed by atoms with Crippen molar-refractivity contribution in [3.63, 3.8) is 0 Å². The lowest BCUT2D eigenvalue weighted by atomic mass is 9.93. The lowest BCUT2D eigenvalue weighted by Gasteiger charge is -2.44. The van der Waals surface area contributed by atoms with Gasteiger partial charge in [-0.05, 0) is 31.8 Å². The van der Waals surface area contributed by atoms with Crippen LogP contribution in [0.5, 0.6) is 0 Å². The number of likely N-dealkylation sites (N-methyl/N-ethyl adjacent to an activating group) is 1. The minimum absolute atomic E-state index is 0.184. The first-order valence-corrected chi connectivity index (χ1v) is 10.1. The molecule has 1 saturated heterocycles. The van der Waals surface area contributed by atoms with Crippen LogP contribution in [0.25, 0.3) is 0 Å². The van der Waals surface area contributed by atoms with Crippen molar-refractivity contribution >= 4 is 5.97 Å². The van der Waals surface area contributed by atoms with Crippen molar-refractivity contribution in [2.24, 2.45) is 0 Å². The van der Waals surface area contributed by atoms with E-state index < -0.39 is 18.2 Å². The molecule has 3 aliphatic rings. The Morgan fingerprint density at radius 1 is 1.11 bits per heavy atom. The highest BCUT2D eigenvalue weighted by Crippen LogP contribution is 2.34. The second-order valence-corrected chi connectivity index (χ2v) is 7.95. The lowest BCUT2D eigenvalue weighted by molar-refractivity contribution is -0.166. The zero-order valence-corrected chi connectivity index (χ0v) is 16.6. The van der Waals surface area contributed by atoms with Crippen molar-refractivity contribution < 1.29 is 22.7 Å². The van der Waals surface area contributed by atoms with Gasteiger partial charge in [-0.2, -0.15) is 13.2 Å². The third-order valence-corrected chi connectivity index (χ3v) is 6.05. The first kappa shape index (κ1) is 21.0. The van der Waals surface area contributed by atoms with E-state index in [1.54, 1.807) is 0 Å². The molecule has 5 nitrogen and oxygen atoms in total. The SMILES string of the molecule is COC(=O)C1=C(N2CCC(NC3CCCCC3)CC2)N(C)C(C(F)(F)F)C=C1. The average molecular weight is 401 g/mol. The number of nitrogens with one attached hydrogen (secondary N) is 1. The molecule has 3 rings (SSSR count). The van der Waals surface area contributed by atoms with Gasteiger partial charge in [-0.15, -0.1) is 0 Å². The van der Waals surface area contributed by atoms with E-state index in [4.69, 9.17) is 4.74 Å². The number of halogens is 3. The molecular weight excluding hydrogens is 371 g/mol. The van der Waals surface area contributed by atoms with Gasteiger partial charge in [0.15, 0.2) is 0 Å². The molecule has 1 unspecified atom stereocenters. The van der Waals surface area contributed by atoms with Crippen molar-refractivity contribution in [2.75, 3.05) is 27.2 Å². The number of rotatable bonds is 4. The van der Waals surface area contributed by atoms with Crippen LogP contribution >= 0.6 is 0 Å². The highest BCUT2D eigenvalue weighted by Gasteiger charge is 2.45. The monoisotopic (exact) mass is 401 g/mol. The minimum Gasteiger partial charge on any atom is -0.465 e. The molecule has 0 spiro atoms. The summed E-state index contributed by atoms with van der Waals surface area (Å²) in [5, 5.41) is 3.73. The fourth-order valence-electron chi connectivity index (χ4n) is 4.56. The van der Waals surface area contributed by atoms with Gasteiger partial charge in [-0.25, -0.2) is 4.79 Å². The summed E-state index contributed by atoms with van der Waals surface area (Å²) >= 11 is 0. The van der Waals surface area contributed by atoms with Gasteiger partial charge in [0, 0.05) is 32.2 Å². The van der Waals surface area contributed by atoms with Gasteiger partial charge in [-0.3, -0.25) is 0 Å². The summed E-state index contributed by atoms with van der Waals surface area (Å²) < 4.78 is 45.0. The van der Waals surface area contributed by atoms with E-state index in [0.717, 1.165) is 23.8 Å². The zero-order valence-electron chi connectivity index (χ0n) is 16.6. The minimum atomic E-state index is -4.40. The molecule has 0 amide bonds. The van der Waals surface area contributed by atoms with Crippen LogP contribution in [0, 0.1) is 0 Å². The van der Waals surface area contributed by atoms with Crippen molar-refractivity contribution in [1.82, 2.24) is 15.1 Å². The molecule has 0 aromatic carbocycles. The first-order chi connectivity index (χ1) is 13.3. The molecule has 0 radical (unpaired) electrons. The standard InChI is InChI=1S/C20H30F3N3O2/c1-25-17(20(21,22)23)9-8-16(19(27)28-2)18(25)26-12-10-15(11-13-26)24-14-6-4-3-5-7-14/h8-9,14-15,17,24H,3-7,10-13H2,1-2H3. The molecule has 2 aliphatic heterocycles. The Kier molecular flexibility index (Phi) is 6.58. The maximum atomic E-state index is 13.4. The smallest absolute Gasteiger partial charge is 0.412 e. The van der Waals surface area contributed by atoms with Crippen LogP contribution in [0.3, 0.4) is 0 Å². The molecule has 1 atom stereocenters. The van der Waals surface area contributed by atoms with Gasteiger partial charge in [0.05, 0.1) is 12.7 Å². The number of carbonyl (C=O) groups excluding carboxylic acids is 1. The van der Waals surface area contributed by atoms with E-state index in [1.165, 1.54) is 52.3 Å². The number of piperidine rings is 1. The summed E-state index contributed by atoms with van der Waals surface area (Å²) in [5.41, 5.74) is 0.184. The third kappa shape index (κ3) is 4.64. The maximum absolute atomic E-state index is 13.4. The van der Waals surface area contributed by atoms with Gasteiger partial charge >= 0.3 is 12.1 Å². The number of hydrogen-bond acceptors (Lipinski definition) is 5. The van der Waals surface area contributed by atoms with Gasteiger partial charge in [0.25, 0.3) is 0 Å². The number of alkyl halides is 3. The van der Waals surface area contributed by atoms with E-state index >= 15 is 0 Å². The average Bonchev–Trinajstić information content (AvgIpc) is 2.67. The van der Waals surface area contributed by atoms with E-state index in [1.807, 2.05) is 4.90 Å². The molecule has 2 fully saturated rings. The highest BCUT2D eigenvalue weighted by atomic mass is 19.4. The summed E-state index contributed by atoms with van der Waals surface area (Å²) in [7, 11) is 2.64. The fraction of sp³-hybridized carbons (Fsp3) is 0.750. The van der Waals surface area contributed by atoms with Gasteiger partial charge in [-0.1, -0.05) is 25.3 Å². The number of carbonyl (C=O) groups is 1. The predicted octanol–water partition coefficient (Wildman–Crippen LogP) is 3.19. The predicted molar refractivity (Wildman–Crippen MR) is 100 cm³/mol. The van der Waals surface area contributed by atoms with E-state index in [0.29, 0.717) is 31.0 Å². The number of methoxy groups -OCH3 is 1. The van der Waals surface area contributed by atoms with Crippen LogP contribution in [0.1, 0.15) is 44.9 Å². The molecule has 0 aromatic heterocycles. The topological polar surface area (TPSA) is 44.8 Å². The van der Waals surface area contributed by atoms with Crippen molar-refractivity contribution in [1.29, 1.82) is 0 Å². The van der Waals surface area contributed by atoms with E-state index in [2.05, 4.69) is 5.32 Å². The molecule has 0 aromatic rings. The van der Waals surface area contributed by atoms with Crippen LogP contribution < -0.4 is 5.32 Å². The van der Waals surface area contributed by atoms with Crippen LogP contribution in [0.15, 0.2) is 23.5 Å². The van der Waals surface area contributed by atoms with Crippen LogP contribution in [0.2, 0.25) is 0 Å². The molecule has 8 heteroatoms. The van der Waals surface area contributed by atoms with Crippen LogP contribution in [-0.4, -0.2) is 67.3 Å². The molecule has 0 bridgehead atoms. The normalized spacial score (nSPS) is 25.4. The quantitative estimate of drug-likeness (QED) is 0.733. The van der Waals surface area contributed by atoms with Crippen LogP contribution in [-0.2, 0) is 9.53 Å². The van der Waals surface area contributed by atoms with Gasteiger partial charge in [0.1, 0.15) is 11.9 Å². The molecule has 1 saturated carbocycles. The Morgan fingerprint density at radius 3 is 2.29 bits per heavy atom. The summed E-state index contributed by atoms with van der Waals surface area (Å²) in [6.45, 7) is 1.23. The molecule has 1 aliphatic carbocycles. The summed E-state index contributed by atoms with van der Waals surface area (Å²) in [6.07, 6.45) is 5.82. The molecule has 2 heterocycles. The van der Waals surface area contributed by atoms with Crippen molar-refractivity contribution in [2.45, 2.75) is 69.2 Å². The van der Waals surface area contributed by atoms with Crippen molar-refractivity contribution in [3.8, 4) is 0 Å². The largest absolute Gasteiger partial charge is 0.465 e. The summed E-state index contributed by atoms with van der Waals surface area (Å²) in [6, 6.07) is -0.802. The highest BCUT2D eigenvalue weighted by molar-refractivity contribution is 5.92. The fourth-order valence-corrected chi connectivity index (χ4v) is 4.56. The Balaban J connectivity index is 1.71. The number of nitrogens with zero attached hydrogens (tertiary/aromatic N) is 2. The number of esters is 1. The summed E-state index contributed by atoms with van der Waals surface area (Å²) in [4.78, 5) is 15.2. The zero-order chi connectivity index (χ0) is 20.3. The Hall–Kier alpha value is -1.70. The first-order valence-electron chi connectivity index (χ1n) is 10.1. The molecule has 28 heavy (non-hydrogen) atoms. The lowest BCUT2D eigenvalue weighted by Crippen LogP contribution is -2.52. The number of hydrogen-bond donors (Lipinski definition) is 1. The second-order valence-electron chi connectivity index (χ2n) is 7.95. The van der Waals surface area contributed by atoms with Crippen molar-refractivity contribution in [3.05, 3.63) is 23.5 Å². The Bertz CT molecular complexity index is 619. The molecular formula is C20H30F3N3O2. The van der Waals surface area contributed by atoms with Crippen LogP contribution in [0.4, 0.5) is 13.2 Å². The third-order valence-electron chi connectivity index (χ3n) is 6.05.